The van der Waals surface area contributed by atoms with Crippen molar-refractivity contribution in [3.8, 4) is 0 Å². The topological polar surface area (TPSA) is 40.6 Å². The summed E-state index contributed by atoms with van der Waals surface area (Å²) in [5.41, 5.74) is -0.142. The van der Waals surface area contributed by atoms with E-state index >= 15 is 0 Å². The zero-order chi connectivity index (χ0) is 15.8. The number of carbonyl (C=O) groups is 2. The Balaban J connectivity index is 2.20. The first-order chi connectivity index (χ1) is 9.69. The highest BCUT2D eigenvalue weighted by Gasteiger charge is 2.41. The van der Waals surface area contributed by atoms with Crippen molar-refractivity contribution in [1.82, 2.24) is 9.80 Å². The molecular weight excluding hydrogens is 264 g/mol. The number of fused-ring (bicyclic) bond motifs is 1. The molecule has 2 saturated heterocycles. The minimum absolute atomic E-state index is 0.142. The summed E-state index contributed by atoms with van der Waals surface area (Å²) in [7, 11) is 0. The second-order valence-corrected chi connectivity index (χ2v) is 8.09. The van der Waals surface area contributed by atoms with Crippen LogP contribution in [0.1, 0.15) is 60.3 Å². The van der Waals surface area contributed by atoms with Gasteiger partial charge in [-0.2, -0.15) is 0 Å². The van der Waals surface area contributed by atoms with Crippen LogP contribution < -0.4 is 0 Å². The lowest BCUT2D eigenvalue weighted by atomic mass is 9.86. The van der Waals surface area contributed by atoms with Crippen LogP contribution >= 0.6 is 0 Å². The van der Waals surface area contributed by atoms with Crippen LogP contribution in [0.2, 0.25) is 0 Å². The molecule has 2 fully saturated rings. The maximum atomic E-state index is 12.6. The molecule has 0 saturated carbocycles. The van der Waals surface area contributed by atoms with E-state index in [0.717, 1.165) is 12.8 Å². The van der Waals surface area contributed by atoms with Gasteiger partial charge in [0.2, 0.25) is 11.8 Å². The summed E-state index contributed by atoms with van der Waals surface area (Å²) in [4.78, 5) is 29.2. The highest BCUT2D eigenvalue weighted by atomic mass is 16.2. The van der Waals surface area contributed by atoms with E-state index in [9.17, 15) is 9.59 Å². The first-order valence-corrected chi connectivity index (χ1v) is 8.28. The van der Waals surface area contributed by atoms with Gasteiger partial charge < -0.3 is 9.80 Å². The number of nitrogens with zero attached hydrogens (tertiary/aromatic N) is 2. The van der Waals surface area contributed by atoms with E-state index in [1.807, 2.05) is 4.90 Å². The van der Waals surface area contributed by atoms with Gasteiger partial charge in [-0.3, -0.25) is 9.59 Å². The molecule has 0 unspecified atom stereocenters. The SMILES string of the molecule is CC(C)CC(=O)N1C[C@H]2CC[C@@H](C)N2C(=O)CC(C)(C)C1. The van der Waals surface area contributed by atoms with Crippen molar-refractivity contribution in [3.05, 3.63) is 0 Å². The molecule has 2 aliphatic heterocycles. The maximum Gasteiger partial charge on any atom is 0.223 e. The predicted molar refractivity (Wildman–Crippen MR) is 83.8 cm³/mol. The standard InChI is InChI=1S/C17H30N2O2/c1-12(2)8-15(20)18-10-14-7-6-13(3)19(14)16(21)9-17(4,5)11-18/h12-14H,6-11H2,1-5H3/t13-,14-/m1/s1. The Kier molecular flexibility index (Phi) is 4.64. The fourth-order valence-electron chi connectivity index (χ4n) is 3.76. The summed E-state index contributed by atoms with van der Waals surface area (Å²) >= 11 is 0. The summed E-state index contributed by atoms with van der Waals surface area (Å²) in [6.07, 6.45) is 3.23. The zero-order valence-electron chi connectivity index (χ0n) is 14.2. The van der Waals surface area contributed by atoms with Crippen molar-refractivity contribution in [2.45, 2.75) is 72.4 Å². The number of rotatable bonds is 2. The maximum absolute atomic E-state index is 12.6. The van der Waals surface area contributed by atoms with E-state index in [1.165, 1.54) is 0 Å². The average Bonchev–Trinajstić information content (AvgIpc) is 2.65. The Bertz CT molecular complexity index is 417. The van der Waals surface area contributed by atoms with Crippen LogP contribution in [0.5, 0.6) is 0 Å². The fraction of sp³-hybridized carbons (Fsp3) is 0.882. The van der Waals surface area contributed by atoms with Crippen molar-refractivity contribution >= 4 is 11.8 Å². The number of hydrogen-bond acceptors (Lipinski definition) is 2. The molecule has 0 bridgehead atoms. The van der Waals surface area contributed by atoms with Gasteiger partial charge in [0.25, 0.3) is 0 Å². The molecule has 21 heavy (non-hydrogen) atoms. The Morgan fingerprint density at radius 1 is 1.33 bits per heavy atom. The van der Waals surface area contributed by atoms with Gasteiger partial charge in [-0.25, -0.2) is 0 Å². The normalized spacial score (nSPS) is 29.3. The summed E-state index contributed by atoms with van der Waals surface area (Å²) < 4.78 is 0. The molecule has 4 nitrogen and oxygen atoms in total. The Morgan fingerprint density at radius 3 is 2.62 bits per heavy atom. The molecular formula is C17H30N2O2. The molecule has 2 aliphatic rings. The van der Waals surface area contributed by atoms with E-state index in [4.69, 9.17) is 0 Å². The highest BCUT2D eigenvalue weighted by Crippen LogP contribution is 2.33. The first kappa shape index (κ1) is 16.3. The van der Waals surface area contributed by atoms with Crippen LogP contribution in [0.25, 0.3) is 0 Å². The molecule has 0 aliphatic carbocycles. The van der Waals surface area contributed by atoms with E-state index in [1.54, 1.807) is 0 Å². The lowest BCUT2D eigenvalue weighted by Gasteiger charge is -2.41. The van der Waals surface area contributed by atoms with E-state index in [2.05, 4.69) is 39.5 Å². The van der Waals surface area contributed by atoms with Gasteiger partial charge in [0.05, 0.1) is 0 Å². The van der Waals surface area contributed by atoms with Gasteiger partial charge in [-0.15, -0.1) is 0 Å². The lowest BCUT2D eigenvalue weighted by molar-refractivity contribution is -0.144. The fourth-order valence-corrected chi connectivity index (χ4v) is 3.76. The second kappa shape index (κ2) is 5.98. The number of hydrogen-bond donors (Lipinski definition) is 0. The molecule has 2 heterocycles. The predicted octanol–water partition coefficient (Wildman–Crippen LogP) is 2.67. The summed E-state index contributed by atoms with van der Waals surface area (Å²) in [6.45, 7) is 11.9. The third-order valence-corrected chi connectivity index (χ3v) is 4.69. The minimum atomic E-state index is -0.142. The molecule has 0 aromatic rings. The number of carbonyl (C=O) groups excluding carboxylic acids is 2. The Labute approximate surface area is 128 Å². The van der Waals surface area contributed by atoms with Crippen molar-refractivity contribution in [1.29, 1.82) is 0 Å². The third-order valence-electron chi connectivity index (χ3n) is 4.69. The lowest BCUT2D eigenvalue weighted by Crippen LogP contribution is -2.53. The molecule has 2 atom stereocenters. The smallest absolute Gasteiger partial charge is 0.223 e. The van der Waals surface area contributed by atoms with Gasteiger partial charge in [-0.05, 0) is 31.1 Å². The quantitative estimate of drug-likeness (QED) is 0.785. The summed E-state index contributed by atoms with van der Waals surface area (Å²) in [5, 5.41) is 0. The second-order valence-electron chi connectivity index (χ2n) is 8.09. The third kappa shape index (κ3) is 3.78. The monoisotopic (exact) mass is 294 g/mol. The minimum Gasteiger partial charge on any atom is -0.340 e. The summed E-state index contributed by atoms with van der Waals surface area (Å²) in [5.74, 6) is 0.893. The van der Waals surface area contributed by atoms with Gasteiger partial charge >= 0.3 is 0 Å². The molecule has 0 radical (unpaired) electrons. The van der Waals surface area contributed by atoms with Crippen LogP contribution in [0.4, 0.5) is 0 Å². The van der Waals surface area contributed by atoms with Crippen molar-refractivity contribution in [2.24, 2.45) is 11.3 Å². The van der Waals surface area contributed by atoms with Gasteiger partial charge in [0, 0.05) is 38.0 Å². The zero-order valence-corrected chi connectivity index (χ0v) is 14.2. The Hall–Kier alpha value is -1.06. The molecule has 120 valence electrons. The van der Waals surface area contributed by atoms with Crippen LogP contribution in [-0.4, -0.2) is 46.8 Å². The van der Waals surface area contributed by atoms with Crippen molar-refractivity contribution < 1.29 is 9.59 Å². The molecule has 2 rings (SSSR count). The van der Waals surface area contributed by atoms with E-state index in [-0.39, 0.29) is 23.3 Å². The first-order valence-electron chi connectivity index (χ1n) is 8.28. The van der Waals surface area contributed by atoms with Gasteiger partial charge in [0.1, 0.15) is 0 Å². The molecule has 0 aromatic heterocycles. The average molecular weight is 294 g/mol. The Morgan fingerprint density at radius 2 is 2.00 bits per heavy atom. The van der Waals surface area contributed by atoms with Crippen molar-refractivity contribution in [2.75, 3.05) is 13.1 Å². The van der Waals surface area contributed by atoms with Crippen LogP contribution in [0.15, 0.2) is 0 Å². The largest absolute Gasteiger partial charge is 0.340 e. The van der Waals surface area contributed by atoms with Crippen LogP contribution in [0, 0.1) is 11.3 Å². The molecule has 4 heteroatoms. The highest BCUT2D eigenvalue weighted by molar-refractivity contribution is 5.80. The van der Waals surface area contributed by atoms with Gasteiger partial charge in [0.15, 0.2) is 0 Å². The molecule has 0 aromatic carbocycles. The van der Waals surface area contributed by atoms with Crippen molar-refractivity contribution in [3.63, 3.8) is 0 Å². The molecule has 0 N–H and O–H groups in total. The molecule has 0 spiro atoms. The molecule has 2 amide bonds. The number of amides is 2. The van der Waals surface area contributed by atoms with Crippen LogP contribution in [0.3, 0.4) is 0 Å². The van der Waals surface area contributed by atoms with Gasteiger partial charge in [-0.1, -0.05) is 27.7 Å². The van der Waals surface area contributed by atoms with E-state index in [0.29, 0.717) is 37.9 Å². The summed E-state index contributed by atoms with van der Waals surface area (Å²) in [6, 6.07) is 0.540. The van der Waals surface area contributed by atoms with Crippen LogP contribution in [-0.2, 0) is 9.59 Å². The van der Waals surface area contributed by atoms with E-state index < -0.39 is 0 Å².